The van der Waals surface area contributed by atoms with Gasteiger partial charge in [-0.3, -0.25) is 14.3 Å². The van der Waals surface area contributed by atoms with Crippen molar-refractivity contribution in [2.45, 2.75) is 87.6 Å². The van der Waals surface area contributed by atoms with Gasteiger partial charge >= 0.3 is 6.03 Å². The minimum absolute atomic E-state index is 0.0838. The molecule has 1 saturated heterocycles. The second-order valence-corrected chi connectivity index (χ2v) is 16.5. The molecule has 2 aliphatic heterocycles. The number of sulfonamides is 1. The molecule has 3 aromatic rings. The van der Waals surface area contributed by atoms with E-state index in [4.69, 9.17) is 19.4 Å². The Morgan fingerprint density at radius 2 is 1.84 bits per heavy atom. The summed E-state index contributed by atoms with van der Waals surface area (Å²) in [7, 11) is -2.34. The lowest BCUT2D eigenvalue weighted by Gasteiger charge is -2.27. The van der Waals surface area contributed by atoms with Gasteiger partial charge < -0.3 is 25.0 Å². The van der Waals surface area contributed by atoms with Crippen LogP contribution in [0.4, 0.5) is 4.79 Å². The van der Waals surface area contributed by atoms with E-state index in [9.17, 15) is 22.8 Å². The summed E-state index contributed by atoms with van der Waals surface area (Å²) < 4.78 is 39.5. The van der Waals surface area contributed by atoms with E-state index in [0.29, 0.717) is 47.7 Å². The van der Waals surface area contributed by atoms with E-state index >= 15 is 0 Å². The first kappa shape index (κ1) is 34.7. The molecular weight excluding hydrogens is 673 g/mol. The second-order valence-electron chi connectivity index (χ2n) is 14.3. The van der Waals surface area contributed by atoms with E-state index in [1.165, 1.54) is 4.90 Å². The molecule has 2 aromatic carbocycles. The van der Waals surface area contributed by atoms with Crippen LogP contribution in [-0.4, -0.2) is 83.8 Å². The number of urea groups is 1. The van der Waals surface area contributed by atoms with Crippen molar-refractivity contribution in [3.63, 3.8) is 0 Å². The van der Waals surface area contributed by atoms with Crippen LogP contribution >= 0.6 is 0 Å². The number of methoxy groups -OCH3 is 1. The summed E-state index contributed by atoms with van der Waals surface area (Å²) in [6.45, 7) is 4.05. The van der Waals surface area contributed by atoms with Crippen molar-refractivity contribution in [1.82, 2.24) is 30.2 Å². The molecule has 4 amide bonds. The third-order valence-corrected chi connectivity index (χ3v) is 12.8. The van der Waals surface area contributed by atoms with Crippen LogP contribution in [0.1, 0.15) is 63.9 Å². The average molecular weight is 717 g/mol. The van der Waals surface area contributed by atoms with E-state index in [2.05, 4.69) is 15.4 Å². The number of hydrogen-bond acceptors (Lipinski definition) is 9. The molecule has 7 rings (SSSR count). The normalized spacial score (nSPS) is 26.7. The number of benzene rings is 2. The summed E-state index contributed by atoms with van der Waals surface area (Å²) in [5, 5.41) is 6.51. The minimum atomic E-state index is -3.94. The molecule has 0 bridgehead atoms. The third kappa shape index (κ3) is 6.73. The number of ether oxygens (including phenoxy) is 2. The number of carbonyl (C=O) groups is 3. The molecule has 270 valence electrons. The maximum Gasteiger partial charge on any atom is 0.318 e. The molecule has 3 heterocycles. The fraction of sp³-hybridized carbons (Fsp3) is 0.486. The predicted octanol–water partition coefficient (Wildman–Crippen LogP) is 4.15. The molecule has 51 heavy (non-hydrogen) atoms. The molecule has 3 N–H and O–H groups in total. The average Bonchev–Trinajstić information content (AvgIpc) is 4.00. The molecular formula is C37H44N6O7S. The molecule has 4 atom stereocenters. The topological polar surface area (TPSA) is 169 Å². The number of carbonyl (C=O) groups excluding carboxylic acids is 3. The highest BCUT2D eigenvalue weighted by atomic mass is 32.2. The van der Waals surface area contributed by atoms with Crippen LogP contribution in [0.5, 0.6) is 11.6 Å². The molecule has 2 saturated carbocycles. The van der Waals surface area contributed by atoms with Crippen LogP contribution in [-0.2, 0) is 19.6 Å². The van der Waals surface area contributed by atoms with Gasteiger partial charge in [-0.2, -0.15) is 4.98 Å². The fourth-order valence-corrected chi connectivity index (χ4v) is 8.33. The summed E-state index contributed by atoms with van der Waals surface area (Å²) in [6.07, 6.45) is 7.88. The van der Waals surface area contributed by atoms with Gasteiger partial charge in [0.05, 0.1) is 29.3 Å². The Bertz CT molecular complexity index is 2000. The molecule has 0 radical (unpaired) electrons. The molecule has 14 heteroatoms. The van der Waals surface area contributed by atoms with Crippen molar-refractivity contribution in [3.05, 3.63) is 60.2 Å². The number of aryl methyl sites for hydroxylation is 1. The molecule has 1 aromatic heterocycles. The number of fused-ring (bicyclic) bond motifs is 3. The van der Waals surface area contributed by atoms with Crippen molar-refractivity contribution < 1.29 is 32.3 Å². The van der Waals surface area contributed by atoms with Crippen molar-refractivity contribution >= 4 is 38.8 Å². The van der Waals surface area contributed by atoms with Crippen LogP contribution in [0.15, 0.2) is 54.6 Å². The van der Waals surface area contributed by atoms with Gasteiger partial charge in [0.25, 0.3) is 5.91 Å². The molecule has 4 unspecified atom stereocenters. The van der Waals surface area contributed by atoms with Crippen molar-refractivity contribution in [1.29, 1.82) is 0 Å². The summed E-state index contributed by atoms with van der Waals surface area (Å²) in [4.78, 5) is 52.6. The van der Waals surface area contributed by atoms with Crippen LogP contribution in [0, 0.1) is 12.8 Å². The predicted molar refractivity (Wildman–Crippen MR) is 190 cm³/mol. The first-order valence-corrected chi connectivity index (χ1v) is 19.1. The van der Waals surface area contributed by atoms with Crippen LogP contribution in [0.2, 0.25) is 0 Å². The highest BCUT2D eigenvalue weighted by molar-refractivity contribution is 7.91. The zero-order chi connectivity index (χ0) is 36.0. The highest BCUT2D eigenvalue weighted by Gasteiger charge is 2.63. The molecule has 13 nitrogen and oxygen atoms in total. The number of nitrogens with zero attached hydrogens (tertiary/aromatic N) is 3. The Hall–Kier alpha value is -4.72. The zero-order valence-corrected chi connectivity index (χ0v) is 29.9. The van der Waals surface area contributed by atoms with E-state index in [1.54, 1.807) is 14.0 Å². The van der Waals surface area contributed by atoms with E-state index < -0.39 is 50.3 Å². The van der Waals surface area contributed by atoms with Crippen molar-refractivity contribution in [3.8, 4) is 23.0 Å². The van der Waals surface area contributed by atoms with Gasteiger partial charge in [-0.15, -0.1) is 0 Å². The highest BCUT2D eigenvalue weighted by Crippen LogP contribution is 2.47. The monoisotopic (exact) mass is 716 g/mol. The van der Waals surface area contributed by atoms with Crippen molar-refractivity contribution in [2.75, 3.05) is 20.2 Å². The maximum absolute atomic E-state index is 14.2. The molecule has 3 fully saturated rings. The van der Waals surface area contributed by atoms with Crippen LogP contribution in [0.25, 0.3) is 22.3 Å². The first-order valence-electron chi connectivity index (χ1n) is 17.6. The Morgan fingerprint density at radius 1 is 1.06 bits per heavy atom. The van der Waals surface area contributed by atoms with Gasteiger partial charge in [0, 0.05) is 30.0 Å². The summed E-state index contributed by atoms with van der Waals surface area (Å²) >= 11 is 0. The minimum Gasteiger partial charge on any atom is -0.496 e. The Kier molecular flexibility index (Phi) is 9.15. The first-order chi connectivity index (χ1) is 24.4. The number of hydrogen-bond donors (Lipinski definition) is 3. The zero-order valence-electron chi connectivity index (χ0n) is 29.1. The Balaban J connectivity index is 1.19. The van der Waals surface area contributed by atoms with Gasteiger partial charge in [-0.25, -0.2) is 18.2 Å². The van der Waals surface area contributed by atoms with Crippen LogP contribution < -0.4 is 24.8 Å². The number of amides is 4. The number of nitrogens with one attached hydrogen (secondary N) is 3. The van der Waals surface area contributed by atoms with Gasteiger partial charge in [-0.1, -0.05) is 48.9 Å². The number of allylic oxidation sites excluding steroid dienone is 1. The van der Waals surface area contributed by atoms with Crippen molar-refractivity contribution in [2.24, 2.45) is 5.92 Å². The molecule has 2 aliphatic carbocycles. The Labute approximate surface area is 297 Å². The Morgan fingerprint density at radius 3 is 2.59 bits per heavy atom. The van der Waals surface area contributed by atoms with E-state index in [-0.39, 0.29) is 25.3 Å². The SMILES string of the molecule is COc1ccc2c(OC3CC4C(=O)NC5(C(=O)NS(=O)(=O)C6(C)CC6)CC5/C=C\CCCCCNC(=O)N4C3)nc(-c3ccccc3)nc2c1C. The summed E-state index contributed by atoms with van der Waals surface area (Å²) in [5.74, 6) is -0.263. The van der Waals surface area contributed by atoms with Gasteiger partial charge in [0.15, 0.2) is 5.82 Å². The summed E-state index contributed by atoms with van der Waals surface area (Å²) in [5.41, 5.74) is 0.805. The molecule has 4 aliphatic rings. The largest absolute Gasteiger partial charge is 0.496 e. The van der Waals surface area contributed by atoms with Gasteiger partial charge in [0.1, 0.15) is 23.4 Å². The second kappa shape index (κ2) is 13.4. The third-order valence-electron chi connectivity index (χ3n) is 10.7. The maximum atomic E-state index is 14.2. The quantitative estimate of drug-likeness (QED) is 0.304. The molecule has 0 spiro atoms. The van der Waals surface area contributed by atoms with Gasteiger partial charge in [0.2, 0.25) is 21.8 Å². The fourth-order valence-electron chi connectivity index (χ4n) is 7.01. The lowest BCUT2D eigenvalue weighted by Crippen LogP contribution is -2.57. The van der Waals surface area contributed by atoms with E-state index in [0.717, 1.165) is 36.8 Å². The smallest absolute Gasteiger partial charge is 0.318 e. The number of aromatic nitrogens is 2. The lowest BCUT2D eigenvalue weighted by atomic mass is 10.1. The summed E-state index contributed by atoms with van der Waals surface area (Å²) in [6, 6.07) is 11.8. The van der Waals surface area contributed by atoms with Crippen LogP contribution in [0.3, 0.4) is 0 Å². The lowest BCUT2D eigenvalue weighted by molar-refractivity contribution is -0.131. The standard InChI is InChI=1S/C37H44N6O7S/c1-23-29(49-3)16-15-27-30(23)39-31(24-12-8-7-9-13-24)40-33(27)50-26-20-28-32(44)41-37(34(45)42-51(47,48)36(2)17-18-36)21-25(37)14-10-5-4-6-11-19-38-35(46)43(28)22-26/h7-10,12-16,25-26,28H,4-6,11,17-22H2,1-3H3,(H,38,46)(H,41,44)(H,42,45)/b14-10-. The van der Waals surface area contributed by atoms with E-state index in [1.807, 2.05) is 61.5 Å². The number of rotatable bonds is 7. The van der Waals surface area contributed by atoms with Gasteiger partial charge in [-0.05, 0) is 64.5 Å².